The highest BCUT2D eigenvalue weighted by atomic mass is 32.2. The third-order valence-electron chi connectivity index (χ3n) is 4.12. The molecule has 1 saturated heterocycles. The Hall–Kier alpha value is -2.05. The van der Waals surface area contributed by atoms with Gasteiger partial charge in [-0.3, -0.25) is 4.79 Å². The Morgan fingerprint density at radius 3 is 2.35 bits per heavy atom. The molecule has 0 aliphatic carbocycles. The number of anilines is 2. The molecule has 1 fully saturated rings. The van der Waals surface area contributed by atoms with Crippen molar-refractivity contribution >= 4 is 29.0 Å². The molecule has 4 nitrogen and oxygen atoms in total. The molecule has 1 aliphatic heterocycles. The van der Waals surface area contributed by atoms with E-state index in [4.69, 9.17) is 4.74 Å². The number of hydrogen-bond acceptors (Lipinski definition) is 4. The van der Waals surface area contributed by atoms with Gasteiger partial charge in [0.15, 0.2) is 0 Å². The predicted octanol–water partition coefficient (Wildman–Crippen LogP) is 4.17. The number of carbonyl (C=O) groups excluding carboxylic acids is 1. The average Bonchev–Trinajstić information content (AvgIpc) is 2.61. The molecule has 1 amide bonds. The van der Waals surface area contributed by atoms with Crippen molar-refractivity contribution < 1.29 is 13.9 Å². The molecule has 1 heterocycles. The van der Waals surface area contributed by atoms with Crippen molar-refractivity contribution in [1.29, 1.82) is 0 Å². The molecular weight excluding hydrogens is 351 g/mol. The van der Waals surface area contributed by atoms with E-state index in [1.54, 1.807) is 12.1 Å². The van der Waals surface area contributed by atoms with Crippen LogP contribution >= 0.6 is 11.8 Å². The Kier molecular flexibility index (Phi) is 6.16. The average molecular weight is 374 g/mol. The Morgan fingerprint density at radius 2 is 1.73 bits per heavy atom. The van der Waals surface area contributed by atoms with Crippen LogP contribution in [0.3, 0.4) is 0 Å². The normalized spacial score (nSPS) is 20.0. The number of hydrogen-bond donors (Lipinski definition) is 1. The van der Waals surface area contributed by atoms with Gasteiger partial charge in [-0.25, -0.2) is 4.39 Å². The quantitative estimate of drug-likeness (QED) is 0.798. The minimum atomic E-state index is -0.275. The van der Waals surface area contributed by atoms with E-state index in [1.165, 1.54) is 23.9 Å². The summed E-state index contributed by atoms with van der Waals surface area (Å²) in [5, 5.41) is 2.89. The van der Waals surface area contributed by atoms with E-state index >= 15 is 0 Å². The lowest BCUT2D eigenvalue weighted by molar-refractivity contribution is -0.113. The molecule has 1 aliphatic rings. The lowest BCUT2D eigenvalue weighted by atomic mass is 10.2. The van der Waals surface area contributed by atoms with Crippen LogP contribution in [0.5, 0.6) is 0 Å². The molecule has 2 atom stereocenters. The van der Waals surface area contributed by atoms with Crippen molar-refractivity contribution in [1.82, 2.24) is 0 Å². The first-order valence-corrected chi connectivity index (χ1v) is 9.67. The minimum Gasteiger partial charge on any atom is -0.372 e. The number of nitrogens with zero attached hydrogens (tertiary/aromatic N) is 1. The molecular formula is C20H23FN2O2S. The number of carbonyl (C=O) groups is 1. The van der Waals surface area contributed by atoms with Crippen LogP contribution in [0.25, 0.3) is 0 Å². The molecule has 2 unspecified atom stereocenters. The van der Waals surface area contributed by atoms with Crippen LogP contribution in [0.15, 0.2) is 53.4 Å². The van der Waals surface area contributed by atoms with Gasteiger partial charge < -0.3 is 15.0 Å². The van der Waals surface area contributed by atoms with Gasteiger partial charge in [0.2, 0.25) is 5.91 Å². The number of rotatable bonds is 5. The maximum Gasteiger partial charge on any atom is 0.234 e. The Bertz CT molecular complexity index is 726. The molecule has 26 heavy (non-hydrogen) atoms. The van der Waals surface area contributed by atoms with Crippen molar-refractivity contribution in [2.24, 2.45) is 0 Å². The summed E-state index contributed by atoms with van der Waals surface area (Å²) in [6.07, 6.45) is 0.420. The highest BCUT2D eigenvalue weighted by Gasteiger charge is 2.22. The lowest BCUT2D eigenvalue weighted by Crippen LogP contribution is -2.45. The van der Waals surface area contributed by atoms with Crippen molar-refractivity contribution in [2.75, 3.05) is 29.1 Å². The van der Waals surface area contributed by atoms with Crippen LogP contribution < -0.4 is 10.2 Å². The molecule has 0 radical (unpaired) electrons. The lowest BCUT2D eigenvalue weighted by Gasteiger charge is -2.36. The zero-order valence-electron chi connectivity index (χ0n) is 14.9. The van der Waals surface area contributed by atoms with E-state index < -0.39 is 0 Å². The minimum absolute atomic E-state index is 0.0827. The van der Waals surface area contributed by atoms with Gasteiger partial charge in [-0.05, 0) is 62.4 Å². The standard InChI is InChI=1S/C20H23FN2O2S/c1-14-11-23(12-15(2)25-14)18-7-5-17(6-8-18)22-20(24)13-26-19-9-3-16(21)4-10-19/h3-10,14-15H,11-13H2,1-2H3,(H,22,24). The predicted molar refractivity (Wildman–Crippen MR) is 104 cm³/mol. The maximum atomic E-state index is 12.9. The van der Waals surface area contributed by atoms with E-state index in [1.807, 2.05) is 24.3 Å². The summed E-state index contributed by atoms with van der Waals surface area (Å²) in [5.41, 5.74) is 1.90. The highest BCUT2D eigenvalue weighted by Crippen LogP contribution is 2.23. The van der Waals surface area contributed by atoms with Crippen LogP contribution in [0.1, 0.15) is 13.8 Å². The third kappa shape index (κ3) is 5.22. The summed E-state index contributed by atoms with van der Waals surface area (Å²) < 4.78 is 18.6. The summed E-state index contributed by atoms with van der Waals surface area (Å²) in [5.74, 6) is -0.0741. The fourth-order valence-electron chi connectivity index (χ4n) is 3.02. The molecule has 2 aromatic carbocycles. The van der Waals surface area contributed by atoms with Gasteiger partial charge in [-0.1, -0.05) is 0 Å². The first kappa shape index (κ1) is 18.7. The molecule has 0 saturated carbocycles. The number of thioether (sulfide) groups is 1. The molecule has 2 aromatic rings. The summed E-state index contributed by atoms with van der Waals surface area (Å²) in [6.45, 7) is 5.89. The maximum absolute atomic E-state index is 12.9. The monoisotopic (exact) mass is 374 g/mol. The molecule has 0 aromatic heterocycles. The van der Waals surface area contributed by atoms with Gasteiger partial charge >= 0.3 is 0 Å². The van der Waals surface area contributed by atoms with Crippen LogP contribution in [0.2, 0.25) is 0 Å². The fraction of sp³-hybridized carbons (Fsp3) is 0.350. The van der Waals surface area contributed by atoms with Crippen LogP contribution in [0, 0.1) is 5.82 Å². The number of morpholine rings is 1. The van der Waals surface area contributed by atoms with E-state index in [2.05, 4.69) is 24.1 Å². The van der Waals surface area contributed by atoms with E-state index in [0.717, 1.165) is 29.4 Å². The Balaban J connectivity index is 1.52. The van der Waals surface area contributed by atoms with E-state index in [0.29, 0.717) is 0 Å². The van der Waals surface area contributed by atoms with Gasteiger partial charge in [0.1, 0.15) is 5.82 Å². The smallest absolute Gasteiger partial charge is 0.234 e. The largest absolute Gasteiger partial charge is 0.372 e. The Morgan fingerprint density at radius 1 is 1.12 bits per heavy atom. The highest BCUT2D eigenvalue weighted by molar-refractivity contribution is 8.00. The zero-order valence-corrected chi connectivity index (χ0v) is 15.8. The first-order valence-electron chi connectivity index (χ1n) is 8.68. The second-order valence-corrected chi connectivity index (χ2v) is 7.55. The van der Waals surface area contributed by atoms with Gasteiger partial charge in [0.25, 0.3) is 0 Å². The van der Waals surface area contributed by atoms with Gasteiger partial charge in [-0.2, -0.15) is 0 Å². The van der Waals surface area contributed by atoms with E-state index in [-0.39, 0.29) is 29.7 Å². The van der Waals surface area contributed by atoms with Crippen molar-refractivity contribution in [2.45, 2.75) is 31.0 Å². The molecule has 0 bridgehead atoms. The molecule has 1 N–H and O–H groups in total. The number of benzene rings is 2. The number of halogens is 1. The molecule has 6 heteroatoms. The number of amides is 1. The van der Waals surface area contributed by atoms with Crippen molar-refractivity contribution in [3.63, 3.8) is 0 Å². The van der Waals surface area contributed by atoms with Gasteiger partial charge in [0, 0.05) is 29.4 Å². The number of ether oxygens (including phenoxy) is 1. The van der Waals surface area contributed by atoms with Crippen LogP contribution in [-0.2, 0) is 9.53 Å². The molecule has 0 spiro atoms. The van der Waals surface area contributed by atoms with Gasteiger partial charge in [-0.15, -0.1) is 11.8 Å². The van der Waals surface area contributed by atoms with Crippen LogP contribution in [-0.4, -0.2) is 37.0 Å². The fourth-order valence-corrected chi connectivity index (χ4v) is 3.72. The topological polar surface area (TPSA) is 41.6 Å². The zero-order chi connectivity index (χ0) is 18.5. The second-order valence-electron chi connectivity index (χ2n) is 6.50. The summed E-state index contributed by atoms with van der Waals surface area (Å²) in [7, 11) is 0. The van der Waals surface area contributed by atoms with Crippen LogP contribution in [0.4, 0.5) is 15.8 Å². The molecule has 3 rings (SSSR count). The molecule has 138 valence electrons. The first-order chi connectivity index (χ1) is 12.5. The summed E-state index contributed by atoms with van der Waals surface area (Å²) in [6, 6.07) is 14.0. The third-order valence-corrected chi connectivity index (χ3v) is 5.13. The Labute approximate surface area is 157 Å². The summed E-state index contributed by atoms with van der Waals surface area (Å²) >= 11 is 1.38. The van der Waals surface area contributed by atoms with Gasteiger partial charge in [0.05, 0.1) is 18.0 Å². The summed E-state index contributed by atoms with van der Waals surface area (Å²) in [4.78, 5) is 15.3. The van der Waals surface area contributed by atoms with E-state index in [9.17, 15) is 9.18 Å². The van der Waals surface area contributed by atoms with Crippen molar-refractivity contribution in [3.8, 4) is 0 Å². The second kappa shape index (κ2) is 8.56. The SMILES string of the molecule is CC1CN(c2ccc(NC(=O)CSc3ccc(F)cc3)cc2)CC(C)O1. The van der Waals surface area contributed by atoms with Crippen molar-refractivity contribution in [3.05, 3.63) is 54.3 Å². The number of nitrogens with one attached hydrogen (secondary N) is 1.